The maximum atomic E-state index is 12.7. The van der Waals surface area contributed by atoms with Crippen molar-refractivity contribution in [1.82, 2.24) is 4.98 Å². The molecular weight excluding hydrogens is 519 g/mol. The van der Waals surface area contributed by atoms with Gasteiger partial charge >= 0.3 is 5.97 Å². The van der Waals surface area contributed by atoms with Gasteiger partial charge in [-0.15, -0.1) is 0 Å². The molecule has 0 saturated heterocycles. The third-order valence-corrected chi connectivity index (χ3v) is 7.68. The van der Waals surface area contributed by atoms with Gasteiger partial charge in [-0.05, 0) is 24.3 Å². The van der Waals surface area contributed by atoms with Crippen molar-refractivity contribution in [3.63, 3.8) is 0 Å². The minimum atomic E-state index is -4.01. The van der Waals surface area contributed by atoms with Crippen LogP contribution in [0.2, 0.25) is 10.0 Å². The van der Waals surface area contributed by atoms with Crippen molar-refractivity contribution < 1.29 is 27.7 Å². The van der Waals surface area contributed by atoms with E-state index in [0.717, 1.165) is 30.5 Å². The van der Waals surface area contributed by atoms with Gasteiger partial charge in [0.25, 0.3) is 11.6 Å². The van der Waals surface area contributed by atoms with Crippen molar-refractivity contribution in [3.8, 4) is 0 Å². The summed E-state index contributed by atoms with van der Waals surface area (Å²) >= 11 is 12.3. The molecule has 3 N–H and O–H groups in total. The molecule has 0 aliphatic heterocycles. The minimum Gasteiger partial charge on any atom is -0.452 e. The largest absolute Gasteiger partial charge is 0.452 e. The lowest BCUT2D eigenvalue weighted by atomic mass is 10.2. The topological polar surface area (TPSA) is 172 Å². The molecule has 15 heteroatoms. The highest BCUT2D eigenvalue weighted by atomic mass is 35.5. The molecule has 0 fully saturated rings. The predicted molar refractivity (Wildman–Crippen MR) is 120 cm³/mol. The molecule has 1 amide bonds. The number of hydrogen-bond acceptors (Lipinski definition) is 10. The monoisotopic (exact) mass is 530 g/mol. The summed E-state index contributed by atoms with van der Waals surface area (Å²) < 4.78 is 30.0. The number of ether oxygens (including phenoxy) is 1. The Morgan fingerprint density at radius 3 is 2.52 bits per heavy atom. The minimum absolute atomic E-state index is 0.0449. The Bertz CT molecular complexity index is 1360. The molecule has 0 bridgehead atoms. The molecule has 0 aliphatic rings. The summed E-state index contributed by atoms with van der Waals surface area (Å²) in [7, 11) is -4.01. The second-order valence-corrected chi connectivity index (χ2v) is 10.3. The van der Waals surface area contributed by atoms with Crippen molar-refractivity contribution in [2.45, 2.75) is 9.10 Å². The predicted octanol–water partition coefficient (Wildman–Crippen LogP) is 3.57. The third kappa shape index (κ3) is 5.57. The van der Waals surface area contributed by atoms with Crippen LogP contribution < -0.4 is 11.1 Å². The molecule has 33 heavy (non-hydrogen) atoms. The van der Waals surface area contributed by atoms with E-state index in [4.69, 9.17) is 33.7 Å². The Kier molecular flexibility index (Phi) is 7.17. The first-order valence-corrected chi connectivity index (χ1v) is 11.7. The zero-order valence-corrected chi connectivity index (χ0v) is 19.3. The summed E-state index contributed by atoms with van der Waals surface area (Å²) in [6.07, 6.45) is 1.03. The molecule has 0 unspecified atom stereocenters. The number of hydrogen-bond donors (Lipinski definition) is 2. The number of thiazole rings is 1. The Labute approximate surface area is 200 Å². The number of nitrogens with zero attached hydrogens (tertiary/aromatic N) is 2. The molecule has 0 saturated carbocycles. The van der Waals surface area contributed by atoms with E-state index in [2.05, 4.69) is 10.3 Å². The summed E-state index contributed by atoms with van der Waals surface area (Å²) in [5.41, 5.74) is 5.26. The van der Waals surface area contributed by atoms with Crippen molar-refractivity contribution in [2.75, 3.05) is 17.7 Å². The third-order valence-electron chi connectivity index (χ3n) is 4.00. The molecule has 0 radical (unpaired) electrons. The van der Waals surface area contributed by atoms with Gasteiger partial charge in [0.1, 0.15) is 4.21 Å². The standard InChI is InChI=1S/C18H12Cl2N4O7S2/c19-9-5-12(16(21)13(20)6-9)17(26)31-8-14(25)23-18-22-7-15(32-18)33(29,30)11-3-1-10(2-4-11)24(27)28/h1-7H,8,21H2,(H,22,23,25). The number of nitro benzene ring substituents is 1. The molecule has 0 spiro atoms. The maximum absolute atomic E-state index is 12.7. The van der Waals surface area contributed by atoms with Crippen molar-refractivity contribution >= 4 is 72.8 Å². The first-order valence-electron chi connectivity index (χ1n) is 8.66. The Morgan fingerprint density at radius 2 is 1.88 bits per heavy atom. The number of nitrogens with two attached hydrogens (primary N) is 1. The van der Waals surface area contributed by atoms with E-state index in [1.54, 1.807) is 0 Å². The Hall–Kier alpha value is -3.26. The highest BCUT2D eigenvalue weighted by molar-refractivity contribution is 7.93. The van der Waals surface area contributed by atoms with Crippen LogP contribution in [0.15, 0.2) is 51.7 Å². The van der Waals surface area contributed by atoms with Gasteiger partial charge in [0, 0.05) is 17.2 Å². The van der Waals surface area contributed by atoms with Crippen LogP contribution in [-0.4, -0.2) is 36.8 Å². The van der Waals surface area contributed by atoms with Crippen LogP contribution in [-0.2, 0) is 19.4 Å². The molecule has 1 aromatic heterocycles. The van der Waals surface area contributed by atoms with Gasteiger partial charge in [0.15, 0.2) is 11.7 Å². The van der Waals surface area contributed by atoms with Gasteiger partial charge in [0.2, 0.25) is 9.84 Å². The number of carbonyl (C=O) groups excluding carboxylic acids is 2. The average molecular weight is 531 g/mol. The van der Waals surface area contributed by atoms with E-state index in [1.165, 1.54) is 12.1 Å². The summed E-state index contributed by atoms with van der Waals surface area (Å²) in [6.45, 7) is -0.716. The van der Waals surface area contributed by atoms with E-state index in [9.17, 15) is 28.1 Å². The molecule has 3 rings (SSSR count). The first-order chi connectivity index (χ1) is 15.5. The number of non-ortho nitro benzene ring substituents is 1. The maximum Gasteiger partial charge on any atom is 0.340 e. The number of anilines is 2. The molecule has 3 aromatic rings. The van der Waals surface area contributed by atoms with Crippen LogP contribution in [0.4, 0.5) is 16.5 Å². The molecule has 0 aliphatic carbocycles. The molecule has 172 valence electrons. The van der Waals surface area contributed by atoms with Crippen LogP contribution in [0.5, 0.6) is 0 Å². The fourth-order valence-electron chi connectivity index (χ4n) is 2.42. The number of benzene rings is 2. The first kappa shape index (κ1) is 24.4. The molecule has 1 heterocycles. The van der Waals surface area contributed by atoms with Crippen molar-refractivity contribution in [2.24, 2.45) is 0 Å². The van der Waals surface area contributed by atoms with E-state index in [1.807, 2.05) is 0 Å². The van der Waals surface area contributed by atoms with Crippen molar-refractivity contribution in [1.29, 1.82) is 0 Å². The number of carbonyl (C=O) groups is 2. The number of sulfone groups is 1. The highest BCUT2D eigenvalue weighted by Gasteiger charge is 2.23. The SMILES string of the molecule is Nc1c(Cl)cc(Cl)cc1C(=O)OCC(=O)Nc1ncc(S(=O)(=O)c2ccc([N+](=O)[O-])cc2)s1. The van der Waals surface area contributed by atoms with Gasteiger partial charge in [-0.25, -0.2) is 18.2 Å². The number of halogens is 2. The van der Waals surface area contributed by atoms with Crippen LogP contribution in [0, 0.1) is 10.1 Å². The fraction of sp³-hybridized carbons (Fsp3) is 0.0556. The molecular formula is C18H12Cl2N4O7S2. The number of esters is 1. The highest BCUT2D eigenvalue weighted by Crippen LogP contribution is 2.30. The quantitative estimate of drug-likeness (QED) is 0.200. The van der Waals surface area contributed by atoms with Gasteiger partial charge in [-0.2, -0.15) is 0 Å². The summed E-state index contributed by atoms with van der Waals surface area (Å²) in [5.74, 6) is -1.73. The number of nitrogen functional groups attached to an aromatic ring is 1. The Balaban J connectivity index is 1.65. The lowest BCUT2D eigenvalue weighted by Crippen LogP contribution is -2.21. The average Bonchev–Trinajstić information content (AvgIpc) is 3.24. The van der Waals surface area contributed by atoms with Gasteiger partial charge in [-0.1, -0.05) is 34.5 Å². The summed E-state index contributed by atoms with van der Waals surface area (Å²) in [6, 6.07) is 6.89. The van der Waals surface area contributed by atoms with Gasteiger partial charge in [0.05, 0.1) is 32.3 Å². The zero-order valence-electron chi connectivity index (χ0n) is 16.2. The van der Waals surface area contributed by atoms with E-state index < -0.39 is 33.2 Å². The molecule has 2 aromatic carbocycles. The smallest absolute Gasteiger partial charge is 0.340 e. The van der Waals surface area contributed by atoms with Gasteiger partial charge in [-0.3, -0.25) is 20.2 Å². The number of nitrogens with one attached hydrogen (secondary N) is 1. The van der Waals surface area contributed by atoms with E-state index in [0.29, 0.717) is 11.3 Å². The fourth-order valence-corrected chi connectivity index (χ4v) is 5.36. The summed E-state index contributed by atoms with van der Waals surface area (Å²) in [5, 5.41) is 13.2. The van der Waals surface area contributed by atoms with Crippen LogP contribution >= 0.6 is 34.5 Å². The van der Waals surface area contributed by atoms with Crippen LogP contribution in [0.1, 0.15) is 10.4 Å². The molecule has 0 atom stereocenters. The van der Waals surface area contributed by atoms with Gasteiger partial charge < -0.3 is 10.5 Å². The van der Waals surface area contributed by atoms with Crippen LogP contribution in [0.25, 0.3) is 0 Å². The summed E-state index contributed by atoms with van der Waals surface area (Å²) in [4.78, 5) is 37.9. The Morgan fingerprint density at radius 1 is 1.21 bits per heavy atom. The van der Waals surface area contributed by atoms with Crippen molar-refractivity contribution in [3.05, 3.63) is 68.3 Å². The molecule has 11 nitrogen and oxygen atoms in total. The number of aromatic nitrogens is 1. The normalized spacial score (nSPS) is 11.1. The zero-order chi connectivity index (χ0) is 24.3. The number of rotatable bonds is 7. The lowest BCUT2D eigenvalue weighted by Gasteiger charge is -2.08. The number of nitro groups is 1. The van der Waals surface area contributed by atoms with E-state index >= 15 is 0 Å². The second-order valence-electron chi connectivity index (χ2n) is 6.21. The second kappa shape index (κ2) is 9.70. The van der Waals surface area contributed by atoms with Crippen LogP contribution in [0.3, 0.4) is 0 Å². The lowest BCUT2D eigenvalue weighted by molar-refractivity contribution is -0.384. The number of amides is 1. The van der Waals surface area contributed by atoms with E-state index in [-0.39, 0.29) is 41.2 Å².